The molecule has 14 heavy (non-hydrogen) atoms. The van der Waals surface area contributed by atoms with E-state index in [2.05, 4.69) is 10.6 Å². The van der Waals surface area contributed by atoms with Gasteiger partial charge >= 0.3 is 0 Å². The SMILES string of the molecule is O=C(CNC1CSC1)NC1CCCC1. The van der Waals surface area contributed by atoms with E-state index in [4.69, 9.17) is 0 Å². The molecule has 1 aliphatic heterocycles. The summed E-state index contributed by atoms with van der Waals surface area (Å²) in [5.74, 6) is 2.50. The molecule has 0 bridgehead atoms. The van der Waals surface area contributed by atoms with Crippen LogP contribution >= 0.6 is 11.8 Å². The van der Waals surface area contributed by atoms with Crippen molar-refractivity contribution in [3.05, 3.63) is 0 Å². The van der Waals surface area contributed by atoms with Crippen LogP contribution in [-0.2, 0) is 4.79 Å². The second kappa shape index (κ2) is 5.03. The summed E-state index contributed by atoms with van der Waals surface area (Å²) in [6, 6.07) is 1.04. The lowest BCUT2D eigenvalue weighted by molar-refractivity contribution is -0.121. The van der Waals surface area contributed by atoms with E-state index >= 15 is 0 Å². The Labute approximate surface area is 89.4 Å². The molecule has 2 fully saturated rings. The Kier molecular flexibility index (Phi) is 3.70. The third kappa shape index (κ3) is 2.89. The topological polar surface area (TPSA) is 41.1 Å². The van der Waals surface area contributed by atoms with Crippen LogP contribution in [0.1, 0.15) is 25.7 Å². The Hall–Kier alpha value is -0.220. The average molecular weight is 214 g/mol. The maximum Gasteiger partial charge on any atom is 0.234 e. The number of carbonyl (C=O) groups excluding carboxylic acids is 1. The zero-order chi connectivity index (χ0) is 9.80. The van der Waals surface area contributed by atoms with Crippen LogP contribution < -0.4 is 10.6 Å². The molecule has 1 aliphatic carbocycles. The van der Waals surface area contributed by atoms with Crippen molar-refractivity contribution in [1.29, 1.82) is 0 Å². The molecule has 0 spiro atoms. The Morgan fingerprint density at radius 3 is 2.50 bits per heavy atom. The lowest BCUT2D eigenvalue weighted by atomic mass is 10.2. The molecule has 0 unspecified atom stereocenters. The van der Waals surface area contributed by atoms with Crippen molar-refractivity contribution >= 4 is 17.7 Å². The molecule has 2 N–H and O–H groups in total. The summed E-state index contributed by atoms with van der Waals surface area (Å²) in [7, 11) is 0. The number of carbonyl (C=O) groups is 1. The predicted octanol–water partition coefficient (Wildman–Crippen LogP) is 0.750. The first-order valence-corrected chi connectivity index (χ1v) is 6.60. The number of thioether (sulfide) groups is 1. The van der Waals surface area contributed by atoms with Gasteiger partial charge in [-0.3, -0.25) is 4.79 Å². The highest BCUT2D eigenvalue weighted by Crippen LogP contribution is 2.18. The minimum atomic E-state index is 0.175. The minimum Gasteiger partial charge on any atom is -0.352 e. The Bertz CT molecular complexity index is 200. The van der Waals surface area contributed by atoms with E-state index in [1.807, 2.05) is 11.8 Å². The van der Waals surface area contributed by atoms with Gasteiger partial charge in [0, 0.05) is 23.6 Å². The standard InChI is InChI=1S/C10H18N2OS/c13-10(5-11-9-6-14-7-9)12-8-3-1-2-4-8/h8-9,11H,1-7H2,(H,12,13). The van der Waals surface area contributed by atoms with Crippen molar-refractivity contribution < 1.29 is 4.79 Å². The number of nitrogens with one attached hydrogen (secondary N) is 2. The van der Waals surface area contributed by atoms with E-state index in [9.17, 15) is 4.79 Å². The molecule has 0 atom stereocenters. The maximum atomic E-state index is 11.5. The van der Waals surface area contributed by atoms with E-state index in [0.29, 0.717) is 18.6 Å². The third-order valence-corrected chi connectivity index (χ3v) is 4.19. The highest BCUT2D eigenvalue weighted by molar-refractivity contribution is 8.00. The van der Waals surface area contributed by atoms with Gasteiger partial charge in [-0.25, -0.2) is 0 Å². The second-order valence-corrected chi connectivity index (χ2v) is 5.24. The van der Waals surface area contributed by atoms with Gasteiger partial charge in [0.2, 0.25) is 5.91 Å². The second-order valence-electron chi connectivity index (χ2n) is 4.16. The molecule has 0 aromatic heterocycles. The van der Waals surface area contributed by atoms with E-state index in [-0.39, 0.29) is 5.91 Å². The largest absolute Gasteiger partial charge is 0.352 e. The maximum absolute atomic E-state index is 11.5. The van der Waals surface area contributed by atoms with Crippen molar-refractivity contribution in [2.24, 2.45) is 0 Å². The molecule has 1 heterocycles. The first-order valence-electron chi connectivity index (χ1n) is 5.45. The monoisotopic (exact) mass is 214 g/mol. The third-order valence-electron chi connectivity index (χ3n) is 2.91. The van der Waals surface area contributed by atoms with Gasteiger partial charge in [-0.15, -0.1) is 0 Å². The first kappa shape index (κ1) is 10.3. The van der Waals surface area contributed by atoms with Crippen LogP contribution in [0.4, 0.5) is 0 Å². The molecule has 2 rings (SSSR count). The average Bonchev–Trinajstić information content (AvgIpc) is 2.54. The van der Waals surface area contributed by atoms with Crippen LogP contribution in [0.5, 0.6) is 0 Å². The quantitative estimate of drug-likeness (QED) is 0.725. The summed E-state index contributed by atoms with van der Waals surface area (Å²) in [5, 5.41) is 6.33. The van der Waals surface area contributed by atoms with E-state index in [1.54, 1.807) is 0 Å². The van der Waals surface area contributed by atoms with Gasteiger partial charge in [0.25, 0.3) is 0 Å². The number of amides is 1. The van der Waals surface area contributed by atoms with Crippen molar-refractivity contribution in [2.45, 2.75) is 37.8 Å². The van der Waals surface area contributed by atoms with Gasteiger partial charge in [0.15, 0.2) is 0 Å². The predicted molar refractivity (Wildman–Crippen MR) is 59.5 cm³/mol. The lowest BCUT2D eigenvalue weighted by Crippen LogP contribution is -2.47. The van der Waals surface area contributed by atoms with E-state index in [1.165, 1.54) is 25.7 Å². The van der Waals surface area contributed by atoms with Gasteiger partial charge in [-0.2, -0.15) is 11.8 Å². The summed E-state index contributed by atoms with van der Waals surface area (Å²) in [4.78, 5) is 11.5. The molecule has 2 aliphatic rings. The summed E-state index contributed by atoms with van der Waals surface area (Å²) >= 11 is 1.94. The molecule has 1 amide bonds. The summed E-state index contributed by atoms with van der Waals surface area (Å²) in [6.07, 6.45) is 4.89. The first-order chi connectivity index (χ1) is 6.84. The van der Waals surface area contributed by atoms with Crippen molar-refractivity contribution in [1.82, 2.24) is 10.6 Å². The fraction of sp³-hybridized carbons (Fsp3) is 0.900. The Balaban J connectivity index is 1.57. The highest BCUT2D eigenvalue weighted by Gasteiger charge is 2.20. The molecule has 1 saturated heterocycles. The minimum absolute atomic E-state index is 0.175. The normalized spacial score (nSPS) is 23.4. The summed E-state index contributed by atoms with van der Waals surface area (Å²) < 4.78 is 0. The van der Waals surface area contributed by atoms with Gasteiger partial charge in [0.1, 0.15) is 0 Å². The molecular weight excluding hydrogens is 196 g/mol. The van der Waals surface area contributed by atoms with Gasteiger partial charge in [0.05, 0.1) is 6.54 Å². The number of hydrogen-bond acceptors (Lipinski definition) is 3. The van der Waals surface area contributed by atoms with E-state index in [0.717, 1.165) is 11.5 Å². The fourth-order valence-electron chi connectivity index (χ4n) is 1.94. The smallest absolute Gasteiger partial charge is 0.234 e. The fourth-order valence-corrected chi connectivity index (χ4v) is 2.65. The van der Waals surface area contributed by atoms with Crippen LogP contribution in [0.2, 0.25) is 0 Å². The van der Waals surface area contributed by atoms with Crippen LogP contribution in [0.3, 0.4) is 0 Å². The van der Waals surface area contributed by atoms with Crippen molar-refractivity contribution in [3.63, 3.8) is 0 Å². The zero-order valence-corrected chi connectivity index (χ0v) is 9.24. The zero-order valence-electron chi connectivity index (χ0n) is 8.42. The molecular formula is C10H18N2OS. The molecule has 80 valence electrons. The Morgan fingerprint density at radius 1 is 1.21 bits per heavy atom. The molecule has 1 saturated carbocycles. The van der Waals surface area contributed by atoms with Gasteiger partial charge < -0.3 is 10.6 Å². The summed E-state index contributed by atoms with van der Waals surface area (Å²) in [5.41, 5.74) is 0. The molecule has 0 aromatic carbocycles. The van der Waals surface area contributed by atoms with Crippen LogP contribution in [0.25, 0.3) is 0 Å². The molecule has 0 aromatic rings. The van der Waals surface area contributed by atoms with Crippen LogP contribution in [0, 0.1) is 0 Å². The molecule has 3 nitrogen and oxygen atoms in total. The van der Waals surface area contributed by atoms with Crippen molar-refractivity contribution in [2.75, 3.05) is 18.1 Å². The molecule has 4 heteroatoms. The number of rotatable bonds is 4. The van der Waals surface area contributed by atoms with Crippen molar-refractivity contribution in [3.8, 4) is 0 Å². The highest BCUT2D eigenvalue weighted by atomic mass is 32.2. The number of hydrogen-bond donors (Lipinski definition) is 2. The van der Waals surface area contributed by atoms with Crippen LogP contribution in [-0.4, -0.2) is 36.0 Å². The van der Waals surface area contributed by atoms with Gasteiger partial charge in [-0.1, -0.05) is 12.8 Å². The lowest BCUT2D eigenvalue weighted by Gasteiger charge is -2.26. The Morgan fingerprint density at radius 2 is 1.93 bits per heavy atom. The van der Waals surface area contributed by atoms with Crippen LogP contribution in [0.15, 0.2) is 0 Å². The molecule has 0 radical (unpaired) electrons. The van der Waals surface area contributed by atoms with E-state index < -0.39 is 0 Å². The summed E-state index contributed by atoms with van der Waals surface area (Å²) in [6.45, 7) is 0.502. The van der Waals surface area contributed by atoms with Gasteiger partial charge in [-0.05, 0) is 12.8 Å².